The Hall–Kier alpha value is -2.16. The largest absolute Gasteiger partial charge is 0.350 e. The maximum atomic E-state index is 13.7. The number of benzene rings is 2. The average Bonchev–Trinajstić information content (AvgIpc) is 3.46. The van der Waals surface area contributed by atoms with Crippen molar-refractivity contribution in [3.63, 3.8) is 0 Å². The quantitative estimate of drug-likeness (QED) is 0.632. The van der Waals surface area contributed by atoms with Crippen molar-refractivity contribution in [3.8, 4) is 0 Å². The van der Waals surface area contributed by atoms with Gasteiger partial charge in [-0.3, -0.25) is 9.52 Å². The van der Waals surface area contributed by atoms with Gasteiger partial charge < -0.3 is 11.1 Å². The lowest BCUT2D eigenvalue weighted by Gasteiger charge is -2.13. The first-order chi connectivity index (χ1) is 12.8. The molecule has 0 aliphatic heterocycles. The second kappa shape index (κ2) is 8.89. The number of rotatable bonds is 7. The Kier molecular flexibility index (Phi) is 7.03. The Morgan fingerprint density at radius 3 is 2.61 bits per heavy atom. The van der Waals surface area contributed by atoms with Crippen molar-refractivity contribution >= 4 is 34.0 Å². The van der Waals surface area contributed by atoms with Crippen LogP contribution >= 0.6 is 12.4 Å². The summed E-state index contributed by atoms with van der Waals surface area (Å²) in [7, 11) is -3.97. The fourth-order valence-electron chi connectivity index (χ4n) is 2.68. The van der Waals surface area contributed by atoms with Gasteiger partial charge in [0.2, 0.25) is 0 Å². The number of hydrogen-bond donors (Lipinski definition) is 3. The first kappa shape index (κ1) is 22.1. The van der Waals surface area contributed by atoms with Crippen molar-refractivity contribution in [2.45, 2.75) is 30.7 Å². The van der Waals surface area contributed by atoms with Crippen molar-refractivity contribution in [1.82, 2.24) is 5.32 Å². The van der Waals surface area contributed by atoms with Gasteiger partial charge in [0, 0.05) is 23.8 Å². The van der Waals surface area contributed by atoms with Crippen LogP contribution in [0.25, 0.3) is 0 Å². The van der Waals surface area contributed by atoms with Gasteiger partial charge in [0.25, 0.3) is 15.9 Å². The van der Waals surface area contributed by atoms with E-state index in [4.69, 9.17) is 5.73 Å². The van der Waals surface area contributed by atoms with Gasteiger partial charge in [-0.2, -0.15) is 0 Å². The minimum atomic E-state index is -3.97. The molecule has 1 aliphatic rings. The lowest BCUT2D eigenvalue weighted by molar-refractivity contribution is 0.0950. The molecule has 0 aromatic heterocycles. The summed E-state index contributed by atoms with van der Waals surface area (Å²) in [4.78, 5) is 12.1. The number of halogens is 2. The third-order valence-electron chi connectivity index (χ3n) is 4.56. The van der Waals surface area contributed by atoms with Crippen LogP contribution in [-0.4, -0.2) is 26.9 Å². The molecule has 2 aromatic rings. The number of carbonyl (C=O) groups excluding carboxylic acids is 1. The van der Waals surface area contributed by atoms with Crippen LogP contribution in [0.5, 0.6) is 0 Å². The van der Waals surface area contributed by atoms with Crippen molar-refractivity contribution in [2.75, 3.05) is 11.3 Å². The number of anilines is 1. The third-order valence-corrected chi connectivity index (χ3v) is 5.94. The lowest BCUT2D eigenvalue weighted by atomic mass is 10.1. The number of nitrogens with two attached hydrogens (primary N) is 1. The summed E-state index contributed by atoms with van der Waals surface area (Å²) in [5.74, 6) is -0.454. The molecule has 1 amide bonds. The highest BCUT2D eigenvalue weighted by Gasteiger charge is 2.28. The molecule has 152 valence electrons. The molecule has 1 atom stereocenters. The molecule has 1 aliphatic carbocycles. The van der Waals surface area contributed by atoms with Crippen molar-refractivity contribution in [1.29, 1.82) is 0 Å². The number of amides is 1. The summed E-state index contributed by atoms with van der Waals surface area (Å²) in [6.07, 6.45) is 2.18. The maximum absolute atomic E-state index is 13.7. The van der Waals surface area contributed by atoms with Gasteiger partial charge in [0.1, 0.15) is 5.82 Å². The zero-order valence-corrected chi connectivity index (χ0v) is 16.9. The van der Waals surface area contributed by atoms with Gasteiger partial charge in [-0.1, -0.05) is 12.1 Å². The van der Waals surface area contributed by atoms with Gasteiger partial charge in [0.05, 0.1) is 4.90 Å². The summed E-state index contributed by atoms with van der Waals surface area (Å²) in [5, 5.41) is 2.76. The number of hydrogen-bond acceptors (Lipinski definition) is 4. The first-order valence-electron chi connectivity index (χ1n) is 8.69. The molecule has 0 saturated heterocycles. The van der Waals surface area contributed by atoms with Crippen LogP contribution in [0.4, 0.5) is 10.1 Å². The molecular formula is C19H23ClFN3O3S. The van der Waals surface area contributed by atoms with Crippen molar-refractivity contribution in [3.05, 3.63) is 59.4 Å². The molecule has 2 aromatic carbocycles. The zero-order valence-electron chi connectivity index (χ0n) is 15.3. The highest BCUT2D eigenvalue weighted by Crippen LogP contribution is 2.31. The molecular weight excluding hydrogens is 405 g/mol. The molecule has 0 bridgehead atoms. The molecule has 0 radical (unpaired) electrons. The van der Waals surface area contributed by atoms with Crippen LogP contribution in [0.15, 0.2) is 47.4 Å². The van der Waals surface area contributed by atoms with Crippen molar-refractivity contribution in [2.24, 2.45) is 11.7 Å². The molecule has 28 heavy (non-hydrogen) atoms. The smallest absolute Gasteiger partial charge is 0.261 e. The predicted molar refractivity (Wildman–Crippen MR) is 109 cm³/mol. The molecule has 1 saturated carbocycles. The predicted octanol–water partition coefficient (Wildman–Crippen LogP) is 2.82. The summed E-state index contributed by atoms with van der Waals surface area (Å²) < 4.78 is 40.9. The van der Waals surface area contributed by atoms with E-state index in [0.29, 0.717) is 23.6 Å². The first-order valence-corrected chi connectivity index (χ1v) is 10.2. The normalized spacial score (nSPS) is 14.7. The Morgan fingerprint density at radius 1 is 1.25 bits per heavy atom. The van der Waals surface area contributed by atoms with Gasteiger partial charge in [-0.05, 0) is 61.6 Å². The van der Waals surface area contributed by atoms with E-state index in [1.165, 1.54) is 24.3 Å². The Bertz CT molecular complexity index is 965. The molecule has 9 heteroatoms. The number of aryl methyl sites for hydroxylation is 1. The zero-order chi connectivity index (χ0) is 19.6. The summed E-state index contributed by atoms with van der Waals surface area (Å²) in [5.41, 5.74) is 6.86. The summed E-state index contributed by atoms with van der Waals surface area (Å²) >= 11 is 0. The summed E-state index contributed by atoms with van der Waals surface area (Å²) in [6, 6.07) is 9.74. The SMILES string of the molecule is Cc1ccc(S(=O)(=O)Nc2cccc(C(=O)NCC(N)C3CC3)c2)cc1F.Cl. The molecule has 0 heterocycles. The Morgan fingerprint density at radius 2 is 1.96 bits per heavy atom. The third kappa shape index (κ3) is 5.43. The molecule has 0 spiro atoms. The van der Waals surface area contributed by atoms with Gasteiger partial charge in [0.15, 0.2) is 0 Å². The highest BCUT2D eigenvalue weighted by atomic mass is 35.5. The monoisotopic (exact) mass is 427 g/mol. The second-order valence-corrected chi connectivity index (χ2v) is 8.49. The molecule has 6 nitrogen and oxygen atoms in total. The van der Waals surface area contributed by atoms with Crippen LogP contribution < -0.4 is 15.8 Å². The molecule has 1 unspecified atom stereocenters. The molecule has 3 rings (SSSR count). The van der Waals surface area contributed by atoms with Crippen LogP contribution in [-0.2, 0) is 10.0 Å². The number of sulfonamides is 1. The van der Waals surface area contributed by atoms with Gasteiger partial charge in [-0.25, -0.2) is 12.8 Å². The minimum Gasteiger partial charge on any atom is -0.350 e. The van der Waals surface area contributed by atoms with E-state index in [9.17, 15) is 17.6 Å². The molecule has 4 N–H and O–H groups in total. The lowest BCUT2D eigenvalue weighted by Crippen LogP contribution is -2.38. The van der Waals surface area contributed by atoms with Gasteiger partial charge >= 0.3 is 0 Å². The standard InChI is InChI=1S/C19H22FN3O3S.ClH/c1-12-5-8-16(10-17(12)20)27(25,26)23-15-4-2-3-14(9-15)19(24)22-11-18(21)13-6-7-13;/h2-5,8-10,13,18,23H,6-7,11,21H2,1H3,(H,22,24);1H. The molecule has 1 fully saturated rings. The highest BCUT2D eigenvalue weighted by molar-refractivity contribution is 7.92. The van der Waals surface area contributed by atoms with Crippen LogP contribution in [0.1, 0.15) is 28.8 Å². The van der Waals surface area contributed by atoms with Crippen LogP contribution in [0, 0.1) is 18.7 Å². The van der Waals surface area contributed by atoms with E-state index in [0.717, 1.165) is 18.9 Å². The average molecular weight is 428 g/mol. The van der Waals surface area contributed by atoms with E-state index >= 15 is 0 Å². The van der Waals surface area contributed by atoms with E-state index in [1.54, 1.807) is 19.1 Å². The maximum Gasteiger partial charge on any atom is 0.261 e. The van der Waals surface area contributed by atoms with Crippen molar-refractivity contribution < 1.29 is 17.6 Å². The fourth-order valence-corrected chi connectivity index (χ4v) is 3.74. The Balaban J connectivity index is 0.00000280. The second-order valence-electron chi connectivity index (χ2n) is 6.81. The van der Waals surface area contributed by atoms with E-state index < -0.39 is 15.8 Å². The van der Waals surface area contributed by atoms with Gasteiger partial charge in [-0.15, -0.1) is 12.4 Å². The van der Waals surface area contributed by atoms with E-state index in [2.05, 4.69) is 10.0 Å². The van der Waals surface area contributed by atoms with E-state index in [1.807, 2.05) is 0 Å². The van der Waals surface area contributed by atoms with E-state index in [-0.39, 0.29) is 34.9 Å². The fraction of sp³-hybridized carbons (Fsp3) is 0.316. The number of nitrogens with one attached hydrogen (secondary N) is 2. The Labute approximate surface area is 170 Å². The van der Waals surface area contributed by atoms with Crippen LogP contribution in [0.3, 0.4) is 0 Å². The topological polar surface area (TPSA) is 101 Å². The van der Waals surface area contributed by atoms with Crippen LogP contribution in [0.2, 0.25) is 0 Å². The summed E-state index contributed by atoms with van der Waals surface area (Å²) in [6.45, 7) is 1.93. The number of carbonyl (C=O) groups is 1. The minimum absolute atomic E-state index is 0.